The van der Waals surface area contributed by atoms with E-state index in [0.717, 1.165) is 16.7 Å². The summed E-state index contributed by atoms with van der Waals surface area (Å²) < 4.78 is 0. The minimum absolute atomic E-state index is 0.351. The van der Waals surface area contributed by atoms with Crippen molar-refractivity contribution in [3.05, 3.63) is 60.2 Å². The van der Waals surface area contributed by atoms with Gasteiger partial charge in [-0.15, -0.1) is 0 Å². The lowest BCUT2D eigenvalue weighted by Crippen LogP contribution is -2.19. The first-order valence-corrected chi connectivity index (χ1v) is 6.92. The van der Waals surface area contributed by atoms with Gasteiger partial charge in [0.15, 0.2) is 0 Å². The SMILES string of the molecule is OC(CBr)C(O)c1cccc(-c2ccccc2)c1. The van der Waals surface area contributed by atoms with Gasteiger partial charge in [-0.2, -0.15) is 0 Å². The molecule has 0 saturated carbocycles. The maximum atomic E-state index is 9.98. The summed E-state index contributed by atoms with van der Waals surface area (Å²) in [4.78, 5) is 0. The van der Waals surface area contributed by atoms with E-state index in [1.54, 1.807) is 0 Å². The number of rotatable bonds is 4. The number of benzene rings is 2. The van der Waals surface area contributed by atoms with Crippen LogP contribution in [-0.2, 0) is 0 Å². The van der Waals surface area contributed by atoms with Crippen molar-refractivity contribution >= 4 is 15.9 Å². The topological polar surface area (TPSA) is 40.5 Å². The Labute approximate surface area is 115 Å². The molecule has 0 aliphatic carbocycles. The molecule has 0 bridgehead atoms. The van der Waals surface area contributed by atoms with Crippen LogP contribution in [0.2, 0.25) is 0 Å². The zero-order chi connectivity index (χ0) is 13.0. The molecule has 2 rings (SSSR count). The number of aliphatic hydroxyl groups is 2. The van der Waals surface area contributed by atoms with Gasteiger partial charge in [0.25, 0.3) is 0 Å². The number of halogens is 1. The van der Waals surface area contributed by atoms with Crippen LogP contribution < -0.4 is 0 Å². The van der Waals surface area contributed by atoms with Crippen LogP contribution in [0.1, 0.15) is 11.7 Å². The molecule has 2 aromatic carbocycles. The minimum Gasteiger partial charge on any atom is -0.389 e. The van der Waals surface area contributed by atoms with Gasteiger partial charge >= 0.3 is 0 Å². The zero-order valence-corrected chi connectivity index (χ0v) is 11.4. The molecule has 0 aromatic heterocycles. The lowest BCUT2D eigenvalue weighted by atomic mass is 9.99. The van der Waals surface area contributed by atoms with Crippen molar-refractivity contribution in [3.8, 4) is 11.1 Å². The van der Waals surface area contributed by atoms with Gasteiger partial charge in [-0.3, -0.25) is 0 Å². The van der Waals surface area contributed by atoms with Crippen LogP contribution in [0.4, 0.5) is 0 Å². The first-order valence-electron chi connectivity index (χ1n) is 5.80. The van der Waals surface area contributed by atoms with Crippen LogP contribution in [0, 0.1) is 0 Å². The standard InChI is InChI=1S/C15H15BrO2/c16-10-14(17)15(18)13-8-4-7-12(9-13)11-5-2-1-3-6-11/h1-9,14-15,17-18H,10H2. The molecule has 0 spiro atoms. The fourth-order valence-corrected chi connectivity index (χ4v) is 2.19. The molecule has 0 fully saturated rings. The van der Waals surface area contributed by atoms with Gasteiger partial charge in [0, 0.05) is 5.33 Å². The van der Waals surface area contributed by atoms with E-state index < -0.39 is 12.2 Å². The van der Waals surface area contributed by atoms with E-state index in [9.17, 15) is 10.2 Å². The minimum atomic E-state index is -0.868. The summed E-state index contributed by atoms with van der Waals surface area (Å²) in [6.07, 6.45) is -1.66. The largest absolute Gasteiger partial charge is 0.389 e. The highest BCUT2D eigenvalue weighted by Crippen LogP contribution is 2.25. The van der Waals surface area contributed by atoms with Gasteiger partial charge in [-0.25, -0.2) is 0 Å². The molecule has 0 saturated heterocycles. The molecule has 0 radical (unpaired) electrons. The van der Waals surface area contributed by atoms with Crippen LogP contribution in [-0.4, -0.2) is 21.6 Å². The predicted molar refractivity (Wildman–Crippen MR) is 76.6 cm³/mol. The molecule has 3 heteroatoms. The average Bonchev–Trinajstić information content (AvgIpc) is 2.46. The van der Waals surface area contributed by atoms with Crippen molar-refractivity contribution < 1.29 is 10.2 Å². The number of aliphatic hydroxyl groups excluding tert-OH is 2. The summed E-state index contributed by atoms with van der Waals surface area (Å²) in [6.45, 7) is 0. The Morgan fingerprint density at radius 1 is 0.889 bits per heavy atom. The molecule has 0 aliphatic heterocycles. The fourth-order valence-electron chi connectivity index (χ4n) is 1.84. The van der Waals surface area contributed by atoms with E-state index in [2.05, 4.69) is 15.9 Å². The Hall–Kier alpha value is -1.16. The Bertz CT molecular complexity index is 499. The Kier molecular flexibility index (Phi) is 4.53. The molecule has 2 nitrogen and oxygen atoms in total. The summed E-state index contributed by atoms with van der Waals surface area (Å²) in [5.74, 6) is 0. The molecule has 2 aromatic rings. The highest BCUT2D eigenvalue weighted by molar-refractivity contribution is 9.09. The molecular formula is C15H15BrO2. The lowest BCUT2D eigenvalue weighted by Gasteiger charge is -2.16. The molecular weight excluding hydrogens is 292 g/mol. The van der Waals surface area contributed by atoms with E-state index in [-0.39, 0.29) is 0 Å². The van der Waals surface area contributed by atoms with Crippen molar-refractivity contribution in [2.75, 3.05) is 5.33 Å². The van der Waals surface area contributed by atoms with Gasteiger partial charge in [0.2, 0.25) is 0 Å². The second kappa shape index (κ2) is 6.14. The number of hydrogen-bond donors (Lipinski definition) is 2. The molecule has 0 heterocycles. The fraction of sp³-hybridized carbons (Fsp3) is 0.200. The molecule has 0 amide bonds. The van der Waals surface area contributed by atoms with Crippen LogP contribution in [0.15, 0.2) is 54.6 Å². The third-order valence-electron chi connectivity index (χ3n) is 2.86. The van der Waals surface area contributed by atoms with Gasteiger partial charge < -0.3 is 10.2 Å². The quantitative estimate of drug-likeness (QED) is 0.852. The van der Waals surface area contributed by atoms with E-state index in [0.29, 0.717) is 5.33 Å². The van der Waals surface area contributed by atoms with Gasteiger partial charge in [-0.1, -0.05) is 64.5 Å². The van der Waals surface area contributed by atoms with Crippen LogP contribution in [0.25, 0.3) is 11.1 Å². The first kappa shape index (κ1) is 13.3. The summed E-state index contributed by atoms with van der Waals surface area (Å²) >= 11 is 3.17. The summed E-state index contributed by atoms with van der Waals surface area (Å²) in [5.41, 5.74) is 2.86. The van der Waals surface area contributed by atoms with Gasteiger partial charge in [0.05, 0.1) is 6.10 Å². The van der Waals surface area contributed by atoms with E-state index in [1.165, 1.54) is 0 Å². The maximum absolute atomic E-state index is 9.98. The predicted octanol–water partition coefficient (Wildman–Crippen LogP) is 3.14. The summed E-state index contributed by atoms with van der Waals surface area (Å²) in [7, 11) is 0. The highest BCUT2D eigenvalue weighted by Gasteiger charge is 2.17. The number of hydrogen-bond acceptors (Lipinski definition) is 2. The second-order valence-corrected chi connectivity index (χ2v) is 4.81. The molecule has 2 unspecified atom stereocenters. The Morgan fingerprint density at radius 2 is 1.56 bits per heavy atom. The van der Waals surface area contributed by atoms with Crippen molar-refractivity contribution in [2.24, 2.45) is 0 Å². The zero-order valence-electron chi connectivity index (χ0n) is 9.83. The third-order valence-corrected chi connectivity index (χ3v) is 3.52. The van der Waals surface area contributed by atoms with Crippen molar-refractivity contribution in [3.63, 3.8) is 0 Å². The second-order valence-electron chi connectivity index (χ2n) is 4.16. The van der Waals surface area contributed by atoms with Crippen LogP contribution in [0.3, 0.4) is 0 Å². The lowest BCUT2D eigenvalue weighted by molar-refractivity contribution is 0.0343. The van der Waals surface area contributed by atoms with Crippen LogP contribution in [0.5, 0.6) is 0 Å². The highest BCUT2D eigenvalue weighted by atomic mass is 79.9. The Balaban J connectivity index is 2.31. The molecule has 2 N–H and O–H groups in total. The monoisotopic (exact) mass is 306 g/mol. The van der Waals surface area contributed by atoms with E-state index in [4.69, 9.17) is 0 Å². The summed E-state index contributed by atoms with van der Waals surface area (Å²) in [6, 6.07) is 17.6. The van der Waals surface area contributed by atoms with Crippen molar-refractivity contribution in [1.29, 1.82) is 0 Å². The van der Waals surface area contributed by atoms with Crippen LogP contribution >= 0.6 is 15.9 Å². The van der Waals surface area contributed by atoms with Gasteiger partial charge in [0.1, 0.15) is 6.10 Å². The van der Waals surface area contributed by atoms with Crippen molar-refractivity contribution in [2.45, 2.75) is 12.2 Å². The smallest absolute Gasteiger partial charge is 0.106 e. The normalized spacial score (nSPS) is 14.2. The molecule has 18 heavy (non-hydrogen) atoms. The molecule has 0 aliphatic rings. The first-order chi connectivity index (χ1) is 8.72. The van der Waals surface area contributed by atoms with E-state index in [1.807, 2.05) is 54.6 Å². The average molecular weight is 307 g/mol. The molecule has 2 atom stereocenters. The van der Waals surface area contributed by atoms with Gasteiger partial charge in [-0.05, 0) is 22.8 Å². The third kappa shape index (κ3) is 2.99. The maximum Gasteiger partial charge on any atom is 0.106 e. The number of alkyl halides is 1. The van der Waals surface area contributed by atoms with E-state index >= 15 is 0 Å². The Morgan fingerprint density at radius 3 is 2.22 bits per heavy atom. The molecule has 94 valence electrons. The van der Waals surface area contributed by atoms with Crippen molar-refractivity contribution in [1.82, 2.24) is 0 Å². The summed E-state index contributed by atoms with van der Waals surface area (Å²) in [5, 5.41) is 20.0.